The maximum atomic E-state index is 13.0. The van der Waals surface area contributed by atoms with E-state index >= 15 is 0 Å². The zero-order valence-corrected chi connectivity index (χ0v) is 15.4. The van der Waals surface area contributed by atoms with E-state index in [9.17, 15) is 19.7 Å². The molecule has 1 fully saturated rings. The van der Waals surface area contributed by atoms with Gasteiger partial charge in [-0.15, -0.1) is 11.3 Å². The SMILES string of the molecule is CC1(c2ccc([N+](=O)[O-])cc2)NC(=O)N(Cc2csc(-c3ccco3)n2)C1=O. The number of carbonyl (C=O) groups excluding carboxylic acids is 2. The van der Waals surface area contributed by atoms with Crippen molar-refractivity contribution in [1.29, 1.82) is 0 Å². The number of aromatic nitrogens is 1. The number of urea groups is 1. The quantitative estimate of drug-likeness (QED) is 0.400. The molecule has 3 amide bonds. The van der Waals surface area contributed by atoms with Crippen molar-refractivity contribution < 1.29 is 18.9 Å². The highest BCUT2D eigenvalue weighted by Gasteiger charge is 2.49. The molecule has 0 bridgehead atoms. The second-order valence-corrected chi connectivity index (χ2v) is 7.23. The Kier molecular flexibility index (Phi) is 4.19. The lowest BCUT2D eigenvalue weighted by Gasteiger charge is -2.21. The number of furan rings is 1. The lowest BCUT2D eigenvalue weighted by molar-refractivity contribution is -0.384. The van der Waals surface area contributed by atoms with E-state index in [1.165, 1.54) is 35.6 Å². The van der Waals surface area contributed by atoms with Crippen molar-refractivity contribution >= 4 is 29.0 Å². The van der Waals surface area contributed by atoms with Gasteiger partial charge in [0.1, 0.15) is 5.54 Å². The number of nitrogens with one attached hydrogen (secondary N) is 1. The van der Waals surface area contributed by atoms with Crippen LogP contribution in [0.15, 0.2) is 52.5 Å². The van der Waals surface area contributed by atoms with Crippen molar-refractivity contribution in [3.8, 4) is 10.8 Å². The van der Waals surface area contributed by atoms with E-state index in [1.807, 2.05) is 0 Å². The summed E-state index contributed by atoms with van der Waals surface area (Å²) in [5.41, 5.74) is -0.359. The van der Waals surface area contributed by atoms with Gasteiger partial charge in [-0.25, -0.2) is 9.78 Å². The molecule has 0 aliphatic carbocycles. The molecule has 2 aromatic heterocycles. The highest BCUT2D eigenvalue weighted by Crippen LogP contribution is 2.31. The molecule has 3 aromatic rings. The Bertz CT molecular complexity index is 1060. The fourth-order valence-electron chi connectivity index (χ4n) is 3.01. The average Bonchev–Trinajstić information content (AvgIpc) is 3.40. The third-order valence-electron chi connectivity index (χ3n) is 4.53. The van der Waals surface area contributed by atoms with Crippen LogP contribution in [0.25, 0.3) is 10.8 Å². The van der Waals surface area contributed by atoms with Crippen molar-refractivity contribution in [2.24, 2.45) is 0 Å². The van der Waals surface area contributed by atoms with E-state index in [-0.39, 0.29) is 12.2 Å². The van der Waals surface area contributed by atoms with Crippen LogP contribution >= 0.6 is 11.3 Å². The molecule has 0 radical (unpaired) electrons. The molecule has 1 N–H and O–H groups in total. The second kappa shape index (κ2) is 6.57. The van der Waals surface area contributed by atoms with Crippen molar-refractivity contribution in [2.45, 2.75) is 19.0 Å². The number of amides is 3. The Morgan fingerprint density at radius 3 is 2.68 bits per heavy atom. The first kappa shape index (κ1) is 17.9. The summed E-state index contributed by atoms with van der Waals surface area (Å²) in [5, 5.41) is 15.9. The van der Waals surface area contributed by atoms with E-state index in [1.54, 1.807) is 30.7 Å². The molecule has 9 nitrogen and oxygen atoms in total. The van der Waals surface area contributed by atoms with Gasteiger partial charge in [0.25, 0.3) is 11.6 Å². The van der Waals surface area contributed by atoms with E-state index < -0.39 is 22.4 Å². The number of nitrogens with zero attached hydrogens (tertiary/aromatic N) is 3. The van der Waals surface area contributed by atoms with Crippen molar-refractivity contribution in [3.63, 3.8) is 0 Å². The van der Waals surface area contributed by atoms with Crippen LogP contribution < -0.4 is 5.32 Å². The number of rotatable bonds is 5. The van der Waals surface area contributed by atoms with Gasteiger partial charge in [0, 0.05) is 17.5 Å². The topological polar surface area (TPSA) is 119 Å². The zero-order valence-electron chi connectivity index (χ0n) is 14.6. The van der Waals surface area contributed by atoms with Gasteiger partial charge >= 0.3 is 6.03 Å². The van der Waals surface area contributed by atoms with Gasteiger partial charge in [0.05, 0.1) is 23.4 Å². The molecule has 1 saturated heterocycles. The van der Waals surface area contributed by atoms with E-state index in [0.29, 0.717) is 22.0 Å². The lowest BCUT2D eigenvalue weighted by atomic mass is 9.92. The molecular formula is C18H14N4O5S. The number of carbonyl (C=O) groups is 2. The maximum Gasteiger partial charge on any atom is 0.325 e. The smallest absolute Gasteiger partial charge is 0.325 e. The van der Waals surface area contributed by atoms with Gasteiger partial charge in [-0.2, -0.15) is 0 Å². The minimum Gasteiger partial charge on any atom is -0.462 e. The molecule has 28 heavy (non-hydrogen) atoms. The Labute approximate surface area is 162 Å². The van der Waals surface area contributed by atoms with Gasteiger partial charge in [-0.3, -0.25) is 19.8 Å². The monoisotopic (exact) mass is 398 g/mol. The number of hydrogen-bond donors (Lipinski definition) is 1. The molecule has 142 valence electrons. The van der Waals surface area contributed by atoms with Crippen molar-refractivity contribution in [3.05, 3.63) is 69.4 Å². The molecule has 3 heterocycles. The predicted octanol–water partition coefficient (Wildman–Crippen LogP) is 3.28. The third kappa shape index (κ3) is 2.93. The van der Waals surface area contributed by atoms with E-state index in [2.05, 4.69) is 10.3 Å². The fraction of sp³-hybridized carbons (Fsp3) is 0.167. The summed E-state index contributed by atoms with van der Waals surface area (Å²) in [6.45, 7) is 1.59. The molecule has 0 spiro atoms. The average molecular weight is 398 g/mol. The Hall–Kier alpha value is -3.53. The Morgan fingerprint density at radius 2 is 2.04 bits per heavy atom. The van der Waals surface area contributed by atoms with Crippen LogP contribution in [0.5, 0.6) is 0 Å². The highest BCUT2D eigenvalue weighted by molar-refractivity contribution is 7.13. The first-order chi connectivity index (χ1) is 13.4. The number of hydrogen-bond acceptors (Lipinski definition) is 7. The summed E-state index contributed by atoms with van der Waals surface area (Å²) < 4.78 is 5.30. The van der Waals surface area contributed by atoms with Crippen LogP contribution in [0.4, 0.5) is 10.5 Å². The minimum absolute atomic E-state index is 0.0183. The number of benzene rings is 1. The molecule has 4 rings (SSSR count). The largest absolute Gasteiger partial charge is 0.462 e. The molecule has 1 aliphatic heterocycles. The number of thiazole rings is 1. The van der Waals surface area contributed by atoms with E-state index in [0.717, 1.165) is 4.90 Å². The second-order valence-electron chi connectivity index (χ2n) is 6.37. The lowest BCUT2D eigenvalue weighted by Crippen LogP contribution is -2.40. The minimum atomic E-state index is -1.30. The summed E-state index contributed by atoms with van der Waals surface area (Å²) in [7, 11) is 0. The zero-order chi connectivity index (χ0) is 19.9. The Balaban J connectivity index is 1.56. The summed E-state index contributed by atoms with van der Waals surface area (Å²) >= 11 is 1.36. The van der Waals surface area contributed by atoms with Gasteiger partial charge in [-0.05, 0) is 36.8 Å². The number of nitro benzene ring substituents is 1. The van der Waals surface area contributed by atoms with Gasteiger partial charge in [0.2, 0.25) is 0 Å². The van der Waals surface area contributed by atoms with Crippen LogP contribution in [0.1, 0.15) is 18.2 Å². The van der Waals surface area contributed by atoms with E-state index in [4.69, 9.17) is 4.42 Å². The number of imide groups is 1. The van der Waals surface area contributed by atoms with Crippen molar-refractivity contribution in [1.82, 2.24) is 15.2 Å². The van der Waals surface area contributed by atoms with Crippen molar-refractivity contribution in [2.75, 3.05) is 0 Å². The van der Waals surface area contributed by atoms with Gasteiger partial charge in [-0.1, -0.05) is 0 Å². The maximum absolute atomic E-state index is 13.0. The molecular weight excluding hydrogens is 384 g/mol. The molecule has 1 aliphatic rings. The summed E-state index contributed by atoms with van der Waals surface area (Å²) in [6, 6.07) is 8.54. The third-order valence-corrected chi connectivity index (χ3v) is 5.44. The van der Waals surface area contributed by atoms with Gasteiger partial charge < -0.3 is 9.73 Å². The van der Waals surface area contributed by atoms with Crippen LogP contribution in [0.2, 0.25) is 0 Å². The van der Waals surface area contributed by atoms with Crippen LogP contribution in [0, 0.1) is 10.1 Å². The predicted molar refractivity (Wildman–Crippen MR) is 99.3 cm³/mol. The Morgan fingerprint density at radius 1 is 1.29 bits per heavy atom. The summed E-state index contributed by atoms with van der Waals surface area (Å²) in [4.78, 5) is 41.2. The first-order valence-corrected chi connectivity index (χ1v) is 9.14. The highest BCUT2D eigenvalue weighted by atomic mass is 32.1. The fourth-order valence-corrected chi connectivity index (χ4v) is 3.78. The molecule has 1 atom stereocenters. The first-order valence-electron chi connectivity index (χ1n) is 8.26. The van der Waals surface area contributed by atoms with Crippen LogP contribution in [-0.2, 0) is 16.9 Å². The molecule has 0 saturated carbocycles. The number of non-ortho nitro benzene ring substituents is 1. The standard InChI is InChI=1S/C18H14N4O5S/c1-18(11-4-6-13(7-5-11)22(25)26)16(23)21(17(24)20-18)9-12-10-28-15(19-12)14-3-2-8-27-14/h2-8,10H,9H2,1H3,(H,20,24). The van der Waals surface area contributed by atoms with Crippen LogP contribution in [0.3, 0.4) is 0 Å². The molecule has 1 aromatic carbocycles. The normalized spacial score (nSPS) is 19.1. The summed E-state index contributed by atoms with van der Waals surface area (Å²) in [5.74, 6) is 0.170. The van der Waals surface area contributed by atoms with Gasteiger partial charge in [0.15, 0.2) is 10.8 Å². The molecule has 1 unspecified atom stereocenters. The van der Waals surface area contributed by atoms with Crippen LogP contribution in [-0.4, -0.2) is 26.7 Å². The molecule has 10 heteroatoms. The number of nitro groups is 1. The summed E-state index contributed by atoms with van der Waals surface area (Å²) in [6.07, 6.45) is 1.55.